The number of carboxylic acid groups (broad SMARTS) is 1. The van der Waals surface area contributed by atoms with Crippen molar-refractivity contribution in [3.63, 3.8) is 0 Å². The van der Waals surface area contributed by atoms with Crippen LogP contribution in [-0.2, 0) is 27.9 Å². The second kappa shape index (κ2) is 16.7. The molecule has 0 saturated heterocycles. The Balaban J connectivity index is 1.55. The fourth-order valence-electron chi connectivity index (χ4n) is 3.92. The van der Waals surface area contributed by atoms with Crippen LogP contribution in [0, 0.1) is 0 Å². The largest absolute Gasteiger partial charge is 0.492 e. The maximum absolute atomic E-state index is 12.9. The number of carboxylic acids is 1. The molecule has 1 N–H and O–H groups in total. The molecule has 226 valence electrons. The first-order chi connectivity index (χ1) is 20.2. The van der Waals surface area contributed by atoms with Crippen molar-refractivity contribution in [3.05, 3.63) is 95.6 Å². The number of carbonyl (C=O) groups is 2. The summed E-state index contributed by atoms with van der Waals surface area (Å²) in [4.78, 5) is 25.7. The highest BCUT2D eigenvalue weighted by molar-refractivity contribution is 7.98. The molecule has 0 aliphatic rings. The van der Waals surface area contributed by atoms with Crippen LogP contribution in [0.4, 0.5) is 18.0 Å². The number of nitrogens with zero attached hydrogens (tertiary/aromatic N) is 1. The maximum atomic E-state index is 12.9. The number of thioether (sulfide) groups is 1. The molecule has 11 heteroatoms. The second-order valence-corrected chi connectivity index (χ2v) is 10.4. The summed E-state index contributed by atoms with van der Waals surface area (Å²) in [7, 11) is 0. The summed E-state index contributed by atoms with van der Waals surface area (Å²) in [5, 5.41) is 9.28. The first kappa shape index (κ1) is 32.8. The van der Waals surface area contributed by atoms with E-state index in [1.165, 1.54) is 10.5 Å². The minimum atomic E-state index is -4.48. The minimum absolute atomic E-state index is 0.0136. The molecule has 42 heavy (non-hydrogen) atoms. The third-order valence-electron chi connectivity index (χ3n) is 6.09. The number of alkyl halides is 3. The van der Waals surface area contributed by atoms with Gasteiger partial charge in [0.15, 0.2) is 6.10 Å². The summed E-state index contributed by atoms with van der Waals surface area (Å²) in [6.45, 7) is 2.74. The minimum Gasteiger partial charge on any atom is -0.492 e. The highest BCUT2D eigenvalue weighted by Gasteiger charge is 2.30. The molecule has 0 spiro atoms. The summed E-state index contributed by atoms with van der Waals surface area (Å²) in [5.74, 6) is 1.16. The molecule has 0 fully saturated rings. The van der Waals surface area contributed by atoms with Crippen LogP contribution in [0.1, 0.15) is 30.0 Å². The Kier molecular flexibility index (Phi) is 13.0. The van der Waals surface area contributed by atoms with Gasteiger partial charge in [0, 0.05) is 25.3 Å². The van der Waals surface area contributed by atoms with Gasteiger partial charge in [-0.15, -0.1) is 0 Å². The van der Waals surface area contributed by atoms with Crippen LogP contribution in [0.2, 0.25) is 0 Å². The molecule has 7 nitrogen and oxygen atoms in total. The van der Waals surface area contributed by atoms with E-state index in [4.69, 9.17) is 14.2 Å². The van der Waals surface area contributed by atoms with E-state index in [-0.39, 0.29) is 25.3 Å². The Morgan fingerprint density at radius 2 is 1.57 bits per heavy atom. The maximum Gasteiger partial charge on any atom is 0.416 e. The molecule has 0 radical (unpaired) electrons. The molecule has 3 aromatic carbocycles. The van der Waals surface area contributed by atoms with E-state index >= 15 is 0 Å². The number of carbonyl (C=O) groups excluding carboxylic acids is 1. The number of aliphatic carboxylic acids is 1. The predicted octanol–water partition coefficient (Wildman–Crippen LogP) is 6.94. The summed E-state index contributed by atoms with van der Waals surface area (Å²) >= 11 is 1.74. The first-order valence-electron chi connectivity index (χ1n) is 13.5. The van der Waals surface area contributed by atoms with Gasteiger partial charge < -0.3 is 24.2 Å². The van der Waals surface area contributed by atoms with Crippen LogP contribution in [-0.4, -0.2) is 60.2 Å². The third-order valence-corrected chi connectivity index (χ3v) is 7.21. The molecule has 1 unspecified atom stereocenters. The van der Waals surface area contributed by atoms with Gasteiger partial charge in [0.05, 0.1) is 12.1 Å². The number of ether oxygens (including phenoxy) is 3. The summed E-state index contributed by atoms with van der Waals surface area (Å²) < 4.78 is 55.1. The van der Waals surface area contributed by atoms with Crippen molar-refractivity contribution in [1.29, 1.82) is 0 Å². The fourth-order valence-corrected chi connectivity index (χ4v) is 4.83. The number of amides is 1. The standard InChI is InChI=1S/C31H34F3NO6S/c1-2-39-28(29(36)37)21-23-9-13-26(14-10-23)40-19-18-35(17-6-20-42-22-24-7-4-3-5-8-24)30(38)41-27-15-11-25(12-16-27)31(32,33)34/h3-5,7-16,28H,2,6,17-22H2,1H3,(H,36,37). The monoisotopic (exact) mass is 605 g/mol. The third kappa shape index (κ3) is 11.3. The zero-order valence-corrected chi connectivity index (χ0v) is 24.0. The quantitative estimate of drug-likeness (QED) is 0.177. The molecule has 0 heterocycles. The molecule has 3 rings (SSSR count). The Morgan fingerprint density at radius 1 is 0.905 bits per heavy atom. The number of benzene rings is 3. The van der Waals surface area contributed by atoms with E-state index in [2.05, 4.69) is 0 Å². The van der Waals surface area contributed by atoms with Gasteiger partial charge in [0.25, 0.3) is 0 Å². The average molecular weight is 606 g/mol. The zero-order chi connectivity index (χ0) is 30.4. The van der Waals surface area contributed by atoms with E-state index in [0.29, 0.717) is 25.3 Å². The first-order valence-corrected chi connectivity index (χ1v) is 14.6. The highest BCUT2D eigenvalue weighted by Crippen LogP contribution is 2.30. The average Bonchev–Trinajstić information content (AvgIpc) is 2.97. The Morgan fingerprint density at radius 3 is 2.19 bits per heavy atom. The lowest BCUT2D eigenvalue weighted by atomic mass is 10.1. The van der Waals surface area contributed by atoms with Gasteiger partial charge in [-0.05, 0) is 66.6 Å². The van der Waals surface area contributed by atoms with Crippen molar-refractivity contribution in [2.45, 2.75) is 37.8 Å². The lowest BCUT2D eigenvalue weighted by molar-refractivity contribution is -0.150. The molecular weight excluding hydrogens is 571 g/mol. The second-order valence-electron chi connectivity index (χ2n) is 9.25. The van der Waals surface area contributed by atoms with E-state index in [9.17, 15) is 27.9 Å². The van der Waals surface area contributed by atoms with Crippen LogP contribution in [0.15, 0.2) is 78.9 Å². The zero-order valence-electron chi connectivity index (χ0n) is 23.2. The summed E-state index contributed by atoms with van der Waals surface area (Å²) in [6.07, 6.45) is -5.20. The molecule has 1 atom stereocenters. The molecule has 0 bridgehead atoms. The van der Waals surface area contributed by atoms with Gasteiger partial charge in [-0.3, -0.25) is 0 Å². The molecule has 0 aliphatic heterocycles. The van der Waals surface area contributed by atoms with Crippen LogP contribution >= 0.6 is 11.8 Å². The normalized spacial score (nSPS) is 12.0. The molecule has 0 aromatic heterocycles. The predicted molar refractivity (Wildman–Crippen MR) is 155 cm³/mol. The Hall–Kier alpha value is -3.70. The van der Waals surface area contributed by atoms with Crippen molar-refractivity contribution in [2.24, 2.45) is 0 Å². The lowest BCUT2D eigenvalue weighted by Crippen LogP contribution is -2.37. The van der Waals surface area contributed by atoms with Crippen LogP contribution < -0.4 is 9.47 Å². The van der Waals surface area contributed by atoms with E-state index < -0.39 is 29.9 Å². The van der Waals surface area contributed by atoms with E-state index in [0.717, 1.165) is 41.3 Å². The lowest BCUT2D eigenvalue weighted by Gasteiger charge is -2.22. The van der Waals surface area contributed by atoms with Gasteiger partial charge in [-0.1, -0.05) is 42.5 Å². The van der Waals surface area contributed by atoms with Crippen LogP contribution in [0.5, 0.6) is 11.5 Å². The van der Waals surface area contributed by atoms with Crippen molar-refractivity contribution >= 4 is 23.8 Å². The van der Waals surface area contributed by atoms with Crippen molar-refractivity contribution in [1.82, 2.24) is 4.90 Å². The smallest absolute Gasteiger partial charge is 0.416 e. The van der Waals surface area contributed by atoms with E-state index in [1.54, 1.807) is 43.0 Å². The van der Waals surface area contributed by atoms with Gasteiger partial charge in [0.2, 0.25) is 0 Å². The Labute approximate surface area is 247 Å². The fraction of sp³-hybridized carbons (Fsp3) is 0.355. The summed E-state index contributed by atoms with van der Waals surface area (Å²) in [6, 6.07) is 20.9. The van der Waals surface area contributed by atoms with Gasteiger partial charge >= 0.3 is 18.2 Å². The van der Waals surface area contributed by atoms with Crippen molar-refractivity contribution in [3.8, 4) is 11.5 Å². The number of rotatable bonds is 16. The van der Waals surface area contributed by atoms with E-state index in [1.807, 2.05) is 30.3 Å². The number of hydrogen-bond donors (Lipinski definition) is 1. The van der Waals surface area contributed by atoms with Crippen molar-refractivity contribution in [2.75, 3.05) is 32.1 Å². The molecule has 3 aromatic rings. The van der Waals surface area contributed by atoms with Crippen molar-refractivity contribution < 1.29 is 42.1 Å². The molecule has 1 amide bonds. The van der Waals surface area contributed by atoms with Gasteiger partial charge in [0.1, 0.15) is 18.1 Å². The molecule has 0 aliphatic carbocycles. The molecular formula is C31H34F3NO6S. The van der Waals surface area contributed by atoms with Gasteiger partial charge in [-0.2, -0.15) is 24.9 Å². The number of hydrogen-bond acceptors (Lipinski definition) is 6. The Bertz CT molecular complexity index is 1240. The van der Waals surface area contributed by atoms with Crippen LogP contribution in [0.3, 0.4) is 0 Å². The topological polar surface area (TPSA) is 85.3 Å². The highest BCUT2D eigenvalue weighted by atomic mass is 32.2. The molecule has 0 saturated carbocycles. The number of halogens is 3. The summed E-state index contributed by atoms with van der Waals surface area (Å²) in [5.41, 5.74) is 1.15. The van der Waals surface area contributed by atoms with Gasteiger partial charge in [-0.25, -0.2) is 9.59 Å². The van der Waals surface area contributed by atoms with Crippen LogP contribution in [0.25, 0.3) is 0 Å². The SMILES string of the molecule is CCOC(Cc1ccc(OCCN(CCCSCc2ccccc2)C(=O)Oc2ccc(C(F)(F)F)cc2)cc1)C(=O)O.